The maximum absolute atomic E-state index is 12.6. The Morgan fingerprint density at radius 2 is 1.95 bits per heavy atom. The molecule has 1 aromatic carbocycles. The average molecular weight is 295 g/mol. The Hall–Kier alpha value is -2.15. The van der Waals surface area contributed by atoms with Gasteiger partial charge in [-0.05, 0) is 24.3 Å². The standard InChI is InChI=1S/C13H8F3N3S/c14-13(15,16)7-1-2-8(9(17)5-7)12-19-10-6-18-4-3-11(10)20-12/h1-6H,17H2. The molecule has 0 aliphatic rings. The van der Waals surface area contributed by atoms with Gasteiger partial charge in [-0.15, -0.1) is 11.3 Å². The van der Waals surface area contributed by atoms with Gasteiger partial charge in [-0.1, -0.05) is 0 Å². The molecule has 0 spiro atoms. The fourth-order valence-corrected chi connectivity index (χ4v) is 2.81. The number of anilines is 1. The van der Waals surface area contributed by atoms with Gasteiger partial charge in [0.15, 0.2) is 0 Å². The third kappa shape index (κ3) is 2.20. The second-order valence-electron chi connectivity index (χ2n) is 4.16. The Balaban J connectivity index is 2.10. The number of thiazole rings is 1. The first-order valence-corrected chi connectivity index (χ1v) is 6.44. The Kier molecular flexibility index (Phi) is 2.86. The summed E-state index contributed by atoms with van der Waals surface area (Å²) in [5.74, 6) is 0. The van der Waals surface area contributed by atoms with E-state index in [1.807, 2.05) is 0 Å². The topological polar surface area (TPSA) is 51.8 Å². The number of pyridine rings is 1. The number of rotatable bonds is 1. The summed E-state index contributed by atoms with van der Waals surface area (Å²) >= 11 is 1.37. The Morgan fingerprint density at radius 3 is 2.60 bits per heavy atom. The summed E-state index contributed by atoms with van der Waals surface area (Å²) in [7, 11) is 0. The maximum Gasteiger partial charge on any atom is 0.416 e. The summed E-state index contributed by atoms with van der Waals surface area (Å²) in [4.78, 5) is 8.28. The van der Waals surface area contributed by atoms with Crippen LogP contribution >= 0.6 is 11.3 Å². The molecular weight excluding hydrogens is 287 g/mol. The molecule has 2 aromatic heterocycles. The van der Waals surface area contributed by atoms with E-state index in [2.05, 4.69) is 9.97 Å². The van der Waals surface area contributed by atoms with Crippen LogP contribution in [0, 0.1) is 0 Å². The van der Waals surface area contributed by atoms with Crippen molar-refractivity contribution in [1.29, 1.82) is 0 Å². The van der Waals surface area contributed by atoms with Crippen LogP contribution in [0.5, 0.6) is 0 Å². The highest BCUT2D eigenvalue weighted by atomic mass is 32.1. The van der Waals surface area contributed by atoms with Gasteiger partial charge >= 0.3 is 6.18 Å². The van der Waals surface area contributed by atoms with Gasteiger partial charge in [-0.2, -0.15) is 13.2 Å². The lowest BCUT2D eigenvalue weighted by Crippen LogP contribution is -2.05. The Bertz CT molecular complexity index is 747. The largest absolute Gasteiger partial charge is 0.416 e. The van der Waals surface area contributed by atoms with Crippen molar-refractivity contribution in [2.75, 3.05) is 5.73 Å². The first kappa shape index (κ1) is 12.9. The zero-order chi connectivity index (χ0) is 14.3. The smallest absolute Gasteiger partial charge is 0.398 e. The number of hydrogen-bond acceptors (Lipinski definition) is 4. The van der Waals surface area contributed by atoms with Crippen molar-refractivity contribution in [2.24, 2.45) is 0 Å². The third-order valence-corrected chi connectivity index (χ3v) is 3.87. The van der Waals surface area contributed by atoms with Gasteiger partial charge in [-0.3, -0.25) is 4.98 Å². The number of alkyl halides is 3. The Morgan fingerprint density at radius 1 is 1.15 bits per heavy atom. The van der Waals surface area contributed by atoms with Gasteiger partial charge in [0.25, 0.3) is 0 Å². The molecule has 2 heterocycles. The van der Waals surface area contributed by atoms with Gasteiger partial charge in [0.1, 0.15) is 10.5 Å². The van der Waals surface area contributed by atoms with E-state index < -0.39 is 11.7 Å². The van der Waals surface area contributed by atoms with Crippen LogP contribution in [0.1, 0.15) is 5.56 Å². The van der Waals surface area contributed by atoms with Crippen LogP contribution in [-0.4, -0.2) is 9.97 Å². The summed E-state index contributed by atoms with van der Waals surface area (Å²) in [6.07, 6.45) is -1.15. The molecule has 3 rings (SSSR count). The average Bonchev–Trinajstić information content (AvgIpc) is 2.80. The second kappa shape index (κ2) is 4.45. The lowest BCUT2D eigenvalue weighted by Gasteiger charge is -2.09. The molecule has 0 amide bonds. The molecule has 7 heteroatoms. The van der Waals surface area contributed by atoms with Crippen LogP contribution in [0.25, 0.3) is 20.8 Å². The fraction of sp³-hybridized carbons (Fsp3) is 0.0769. The molecule has 0 aliphatic heterocycles. The minimum Gasteiger partial charge on any atom is -0.398 e. The number of aromatic nitrogens is 2. The van der Waals surface area contributed by atoms with Crippen molar-refractivity contribution in [1.82, 2.24) is 9.97 Å². The number of halogens is 3. The van der Waals surface area contributed by atoms with Gasteiger partial charge in [0, 0.05) is 17.4 Å². The normalized spacial score (nSPS) is 11.9. The van der Waals surface area contributed by atoms with E-state index in [1.54, 1.807) is 18.5 Å². The lowest BCUT2D eigenvalue weighted by molar-refractivity contribution is -0.137. The highest BCUT2D eigenvalue weighted by molar-refractivity contribution is 7.21. The molecule has 0 aliphatic carbocycles. The van der Waals surface area contributed by atoms with Gasteiger partial charge < -0.3 is 5.73 Å². The van der Waals surface area contributed by atoms with Gasteiger partial charge in [0.2, 0.25) is 0 Å². The predicted octanol–water partition coefficient (Wildman–Crippen LogP) is 3.96. The van der Waals surface area contributed by atoms with Crippen molar-refractivity contribution >= 4 is 27.2 Å². The maximum atomic E-state index is 12.6. The molecular formula is C13H8F3N3S. The van der Waals surface area contributed by atoms with Gasteiger partial charge in [0.05, 0.1) is 16.5 Å². The van der Waals surface area contributed by atoms with E-state index in [1.165, 1.54) is 17.4 Å². The number of nitrogens with two attached hydrogens (primary N) is 1. The van der Waals surface area contributed by atoms with Crippen molar-refractivity contribution in [2.45, 2.75) is 6.18 Å². The van der Waals surface area contributed by atoms with E-state index in [9.17, 15) is 13.2 Å². The molecule has 0 radical (unpaired) electrons. The molecule has 2 N–H and O–H groups in total. The number of hydrogen-bond donors (Lipinski definition) is 1. The molecule has 3 nitrogen and oxygen atoms in total. The number of nitrogen functional groups attached to an aromatic ring is 1. The quantitative estimate of drug-likeness (QED) is 0.691. The van der Waals surface area contributed by atoms with Crippen molar-refractivity contribution in [3.63, 3.8) is 0 Å². The fourth-order valence-electron chi connectivity index (χ4n) is 1.83. The van der Waals surface area contributed by atoms with Crippen molar-refractivity contribution in [3.8, 4) is 10.6 Å². The molecule has 3 aromatic rings. The van der Waals surface area contributed by atoms with E-state index in [-0.39, 0.29) is 5.69 Å². The number of benzene rings is 1. The summed E-state index contributed by atoms with van der Waals surface area (Å²) in [5, 5.41) is 0.583. The zero-order valence-corrected chi connectivity index (χ0v) is 10.8. The van der Waals surface area contributed by atoms with E-state index in [0.29, 0.717) is 16.1 Å². The second-order valence-corrected chi connectivity index (χ2v) is 5.19. The minimum absolute atomic E-state index is 0.0619. The summed E-state index contributed by atoms with van der Waals surface area (Å²) in [6, 6.07) is 5.09. The number of nitrogens with zero attached hydrogens (tertiary/aromatic N) is 2. The van der Waals surface area contributed by atoms with Crippen LogP contribution in [0.15, 0.2) is 36.7 Å². The summed E-state index contributed by atoms with van der Waals surface area (Å²) < 4.78 is 38.7. The van der Waals surface area contributed by atoms with Crippen LogP contribution in [0.4, 0.5) is 18.9 Å². The van der Waals surface area contributed by atoms with Crippen LogP contribution in [-0.2, 0) is 6.18 Å². The molecule has 0 fully saturated rings. The van der Waals surface area contributed by atoms with Crippen LogP contribution in [0.2, 0.25) is 0 Å². The highest BCUT2D eigenvalue weighted by Crippen LogP contribution is 2.37. The first-order valence-electron chi connectivity index (χ1n) is 5.63. The highest BCUT2D eigenvalue weighted by Gasteiger charge is 2.31. The van der Waals surface area contributed by atoms with Crippen LogP contribution in [0.3, 0.4) is 0 Å². The molecule has 0 saturated heterocycles. The molecule has 0 atom stereocenters. The predicted molar refractivity (Wildman–Crippen MR) is 72.3 cm³/mol. The van der Waals surface area contributed by atoms with Crippen molar-refractivity contribution in [3.05, 3.63) is 42.2 Å². The third-order valence-electron chi connectivity index (χ3n) is 2.80. The Labute approximate surface area is 115 Å². The summed E-state index contributed by atoms with van der Waals surface area (Å²) in [5.41, 5.74) is 6.22. The lowest BCUT2D eigenvalue weighted by atomic mass is 10.1. The molecule has 20 heavy (non-hydrogen) atoms. The zero-order valence-electron chi connectivity index (χ0n) is 9.98. The van der Waals surface area contributed by atoms with E-state index >= 15 is 0 Å². The number of fused-ring (bicyclic) bond motifs is 1. The first-order chi connectivity index (χ1) is 9.45. The van der Waals surface area contributed by atoms with E-state index in [4.69, 9.17) is 5.73 Å². The SMILES string of the molecule is Nc1cc(C(F)(F)F)ccc1-c1nc2cnccc2s1. The molecule has 0 saturated carbocycles. The van der Waals surface area contributed by atoms with Gasteiger partial charge in [-0.25, -0.2) is 4.98 Å². The minimum atomic E-state index is -4.40. The molecule has 0 bridgehead atoms. The monoisotopic (exact) mass is 295 g/mol. The van der Waals surface area contributed by atoms with Crippen molar-refractivity contribution < 1.29 is 13.2 Å². The van der Waals surface area contributed by atoms with Crippen LogP contribution < -0.4 is 5.73 Å². The molecule has 0 unspecified atom stereocenters. The molecule has 102 valence electrons. The summed E-state index contributed by atoms with van der Waals surface area (Å²) in [6.45, 7) is 0. The van der Waals surface area contributed by atoms with E-state index in [0.717, 1.165) is 16.8 Å².